The lowest BCUT2D eigenvalue weighted by Gasteiger charge is -2.40. The van der Waals surface area contributed by atoms with E-state index >= 15 is 0 Å². The quantitative estimate of drug-likeness (QED) is 0.114. The zero-order valence-corrected chi connectivity index (χ0v) is 25.1. The van der Waals surface area contributed by atoms with Crippen LogP contribution in [-0.4, -0.2) is 66.8 Å². The average Bonchev–Trinajstić information content (AvgIpc) is 2.91. The van der Waals surface area contributed by atoms with Gasteiger partial charge in [0.25, 0.3) is 0 Å². The van der Waals surface area contributed by atoms with E-state index in [1.165, 1.54) is 11.1 Å². The van der Waals surface area contributed by atoms with Crippen LogP contribution in [0.3, 0.4) is 0 Å². The molecule has 0 amide bonds. The van der Waals surface area contributed by atoms with Crippen LogP contribution in [0.1, 0.15) is 49.9 Å². The first-order valence-electron chi connectivity index (χ1n) is 13.2. The summed E-state index contributed by atoms with van der Waals surface area (Å²) in [6, 6.07) is 22.4. The largest absolute Gasteiger partial charge is 0.759 e. The lowest BCUT2D eigenvalue weighted by atomic mass is 9.99. The van der Waals surface area contributed by atoms with E-state index in [9.17, 15) is 0 Å². The third kappa shape index (κ3) is 13.7. The van der Waals surface area contributed by atoms with E-state index in [4.69, 9.17) is 17.5 Å². The molecule has 0 saturated heterocycles. The molecule has 0 aliphatic carbocycles. The normalized spacial score (nSPS) is 15.3. The first-order chi connectivity index (χ1) is 18.4. The Morgan fingerprint density at radius 3 is 1.15 bits per heavy atom. The second-order valence-electron chi connectivity index (χ2n) is 9.84. The molecule has 2 aromatic rings. The van der Waals surface area contributed by atoms with Crippen molar-refractivity contribution in [3.8, 4) is 0 Å². The van der Waals surface area contributed by atoms with Crippen molar-refractivity contribution in [2.45, 2.75) is 38.8 Å². The van der Waals surface area contributed by atoms with Gasteiger partial charge in [0.2, 0.25) is 0 Å². The molecular weight excluding hydrogens is 508 g/mol. The summed E-state index contributed by atoms with van der Waals surface area (Å²) >= 11 is 0. The van der Waals surface area contributed by atoms with Crippen LogP contribution in [0.5, 0.6) is 0 Å². The van der Waals surface area contributed by atoms with Crippen LogP contribution in [0, 0.1) is 0 Å². The average molecular weight is 557 g/mol. The second-order valence-corrected chi connectivity index (χ2v) is 10.7. The summed E-state index contributed by atoms with van der Waals surface area (Å²) in [5, 5.41) is 0. The minimum Gasteiger partial charge on any atom is -0.759 e. The molecular formula is C32H48N2O4S. The van der Waals surface area contributed by atoms with Gasteiger partial charge < -0.3 is 18.1 Å². The maximum atomic E-state index is 8.52. The minimum atomic E-state index is -5.17. The SMILES string of the molecule is C=CCC(c1ccccc1)[N+](C)(CC)CC=C.C=CCC(c1ccccc1)[N+](C)(CC)CC=C.O=S(=O)([O-])[O-]. The van der Waals surface area contributed by atoms with Crippen LogP contribution in [0.25, 0.3) is 0 Å². The molecule has 0 aliphatic heterocycles. The molecule has 4 atom stereocenters. The summed E-state index contributed by atoms with van der Waals surface area (Å²) in [4.78, 5) is 0. The molecule has 6 nitrogen and oxygen atoms in total. The van der Waals surface area contributed by atoms with E-state index in [1.807, 2.05) is 24.3 Å². The van der Waals surface area contributed by atoms with Crippen LogP contribution in [0.15, 0.2) is 111 Å². The van der Waals surface area contributed by atoms with Gasteiger partial charge in [-0.15, -0.1) is 13.2 Å². The molecule has 0 radical (unpaired) electrons. The second kappa shape index (κ2) is 18.5. The molecule has 0 heterocycles. The van der Waals surface area contributed by atoms with E-state index in [2.05, 4.69) is 115 Å². The molecule has 0 saturated carbocycles. The number of hydrogen-bond acceptors (Lipinski definition) is 4. The van der Waals surface area contributed by atoms with E-state index in [0.717, 1.165) is 48.0 Å². The Bertz CT molecular complexity index is 1010. The van der Waals surface area contributed by atoms with E-state index in [-0.39, 0.29) is 0 Å². The number of benzene rings is 2. The maximum Gasteiger partial charge on any atom is 0.118 e. The Morgan fingerprint density at radius 1 is 0.667 bits per heavy atom. The number of nitrogens with zero attached hydrogens (tertiary/aromatic N) is 2. The smallest absolute Gasteiger partial charge is 0.118 e. The number of hydrogen-bond donors (Lipinski definition) is 0. The molecule has 39 heavy (non-hydrogen) atoms. The van der Waals surface area contributed by atoms with Gasteiger partial charge in [0.05, 0.1) is 40.3 Å². The van der Waals surface area contributed by atoms with Crippen LogP contribution >= 0.6 is 0 Å². The number of likely N-dealkylation sites (N-methyl/N-ethyl adjacent to an activating group) is 2. The third-order valence-corrected chi connectivity index (χ3v) is 7.19. The number of quaternary nitrogens is 2. The van der Waals surface area contributed by atoms with Crippen molar-refractivity contribution in [2.24, 2.45) is 0 Å². The zero-order valence-electron chi connectivity index (χ0n) is 24.2. The van der Waals surface area contributed by atoms with Crippen LogP contribution in [-0.2, 0) is 10.4 Å². The number of rotatable bonds is 14. The van der Waals surface area contributed by atoms with Crippen LogP contribution in [0.2, 0.25) is 0 Å². The first-order valence-corrected chi connectivity index (χ1v) is 14.6. The van der Waals surface area contributed by atoms with Gasteiger partial charge in [0, 0.05) is 34.4 Å². The van der Waals surface area contributed by atoms with Gasteiger partial charge in [-0.25, -0.2) is 0 Å². The fraction of sp³-hybridized carbons (Fsp3) is 0.375. The fourth-order valence-corrected chi connectivity index (χ4v) is 4.71. The molecule has 0 N–H and O–H groups in total. The third-order valence-electron chi connectivity index (χ3n) is 7.19. The van der Waals surface area contributed by atoms with Crippen LogP contribution < -0.4 is 0 Å². The van der Waals surface area contributed by atoms with Crippen LogP contribution in [0.4, 0.5) is 0 Å². The Balaban J connectivity index is 0.000000632. The van der Waals surface area contributed by atoms with Gasteiger partial charge in [-0.2, -0.15) is 0 Å². The summed E-state index contributed by atoms with van der Waals surface area (Å²) in [5.74, 6) is 0. The molecule has 4 unspecified atom stereocenters. The maximum absolute atomic E-state index is 8.52. The van der Waals surface area contributed by atoms with E-state index in [1.54, 1.807) is 0 Å². The molecule has 0 fully saturated rings. The first kappa shape index (κ1) is 36.2. The lowest BCUT2D eigenvalue weighted by molar-refractivity contribution is -0.932. The van der Waals surface area contributed by atoms with Crippen molar-refractivity contribution in [1.82, 2.24) is 0 Å². The highest BCUT2D eigenvalue weighted by atomic mass is 32.3. The fourth-order valence-electron chi connectivity index (χ4n) is 4.71. The molecule has 0 spiro atoms. The molecule has 0 aliphatic rings. The Kier molecular flexibility index (Phi) is 17.1. The molecule has 0 aromatic heterocycles. The summed E-state index contributed by atoms with van der Waals surface area (Å²) in [6.07, 6.45) is 10.1. The molecule has 7 heteroatoms. The van der Waals surface area contributed by atoms with E-state index in [0.29, 0.717) is 12.1 Å². The highest BCUT2D eigenvalue weighted by Crippen LogP contribution is 2.31. The molecule has 216 valence electrons. The van der Waals surface area contributed by atoms with E-state index < -0.39 is 10.4 Å². The monoisotopic (exact) mass is 556 g/mol. The Hall–Kier alpha value is -2.81. The lowest BCUT2D eigenvalue weighted by Crippen LogP contribution is -2.46. The van der Waals surface area contributed by atoms with Crippen molar-refractivity contribution < 1.29 is 26.5 Å². The predicted molar refractivity (Wildman–Crippen MR) is 162 cm³/mol. The highest BCUT2D eigenvalue weighted by Gasteiger charge is 2.31. The zero-order chi connectivity index (χ0) is 30.0. The summed E-state index contributed by atoms with van der Waals surface area (Å²) < 4.78 is 36.1. The topological polar surface area (TPSA) is 80.3 Å². The van der Waals surface area contributed by atoms with Crippen molar-refractivity contribution in [3.05, 3.63) is 122 Å². The Labute approximate surface area is 238 Å². The molecule has 0 bridgehead atoms. The predicted octanol–water partition coefficient (Wildman–Crippen LogP) is 6.57. The van der Waals surface area contributed by atoms with Crippen molar-refractivity contribution in [3.63, 3.8) is 0 Å². The van der Waals surface area contributed by atoms with Gasteiger partial charge in [0.15, 0.2) is 0 Å². The summed E-state index contributed by atoms with van der Waals surface area (Å²) in [7, 11) is -0.578. The minimum absolute atomic E-state index is 0.469. The van der Waals surface area contributed by atoms with Gasteiger partial charge in [-0.05, 0) is 26.0 Å². The van der Waals surface area contributed by atoms with Gasteiger partial charge in [0.1, 0.15) is 12.1 Å². The van der Waals surface area contributed by atoms with Crippen molar-refractivity contribution >= 4 is 10.4 Å². The van der Waals surface area contributed by atoms with Gasteiger partial charge in [-0.3, -0.25) is 8.42 Å². The Morgan fingerprint density at radius 2 is 0.949 bits per heavy atom. The molecule has 2 aromatic carbocycles. The van der Waals surface area contributed by atoms with Crippen molar-refractivity contribution in [1.29, 1.82) is 0 Å². The van der Waals surface area contributed by atoms with Crippen molar-refractivity contribution in [2.75, 3.05) is 40.3 Å². The summed E-state index contributed by atoms with van der Waals surface area (Å²) in [5.41, 5.74) is 2.78. The highest BCUT2D eigenvalue weighted by molar-refractivity contribution is 7.79. The van der Waals surface area contributed by atoms with Gasteiger partial charge in [-0.1, -0.05) is 86.0 Å². The summed E-state index contributed by atoms with van der Waals surface area (Å²) in [6.45, 7) is 24.2. The molecule has 2 rings (SSSR count). The van der Waals surface area contributed by atoms with Gasteiger partial charge >= 0.3 is 0 Å². The standard InChI is InChI=1S/2C16H24N.H2O4S/c2*1-5-11-16(15-12-9-8-10-13-15)17(4,7-3)14-6-2;1-5(2,3)4/h2*5-6,8-10,12-13,16H,1-2,7,11,14H2,3-4H3;(H2,1,2,3,4)/q2*+1;/p-2.